The number of carbonyl (C=O) groups excluding carboxylic acids is 1. The van der Waals surface area contributed by atoms with Gasteiger partial charge in [-0.1, -0.05) is 48.5 Å². The Morgan fingerprint density at radius 2 is 1.61 bits per heavy atom. The Balaban J connectivity index is 1.13. The van der Waals surface area contributed by atoms with Crippen LogP contribution in [-0.2, 0) is 6.61 Å². The lowest BCUT2D eigenvalue weighted by Crippen LogP contribution is -2.34. The van der Waals surface area contributed by atoms with Crippen LogP contribution in [0.15, 0.2) is 78.9 Å². The molecule has 5 rings (SSSR count). The van der Waals surface area contributed by atoms with Crippen LogP contribution >= 0.6 is 0 Å². The second kappa shape index (κ2) is 11.9. The molecule has 1 amide bonds. The molecule has 7 nitrogen and oxygen atoms in total. The van der Waals surface area contributed by atoms with E-state index in [4.69, 9.17) is 14.7 Å². The number of nitrogens with one attached hydrogen (secondary N) is 2. The molecule has 1 fully saturated rings. The average Bonchev–Trinajstić information content (AvgIpc) is 2.96. The van der Waals surface area contributed by atoms with E-state index in [1.807, 2.05) is 91.8 Å². The molecule has 1 aromatic heterocycles. The summed E-state index contributed by atoms with van der Waals surface area (Å²) in [6.45, 7) is 1.04. The van der Waals surface area contributed by atoms with Gasteiger partial charge in [-0.15, -0.1) is 0 Å². The van der Waals surface area contributed by atoms with E-state index >= 15 is 0 Å². The molecule has 2 N–H and O–H groups in total. The lowest BCUT2D eigenvalue weighted by atomic mass is 9.86. The lowest BCUT2D eigenvalue weighted by molar-refractivity contribution is 0.0940. The second-order valence-corrected chi connectivity index (χ2v) is 10.1. The highest BCUT2D eigenvalue weighted by Gasteiger charge is 2.23. The molecule has 7 heteroatoms. The van der Waals surface area contributed by atoms with E-state index in [1.54, 1.807) is 0 Å². The number of ether oxygens (including phenoxy) is 1. The summed E-state index contributed by atoms with van der Waals surface area (Å²) in [5.41, 5.74) is 2.50. The van der Waals surface area contributed by atoms with Crippen molar-refractivity contribution in [1.29, 1.82) is 0 Å². The standard InChI is InChI=1S/C31H35N5O2/c1-36(2)29-27-14-8-9-15-28(27)34-31(35-29)33-24-18-16-22(17-19-24)20-32-30(37)26-13-7-6-10-23(26)21-38-25-11-4-3-5-12-25/h3-15,22,24H,16-21H2,1-2H3,(H,32,37)(H,33,34,35). The number of aromatic nitrogens is 2. The Morgan fingerprint density at radius 3 is 2.39 bits per heavy atom. The van der Waals surface area contributed by atoms with Crippen LogP contribution in [0.5, 0.6) is 5.75 Å². The van der Waals surface area contributed by atoms with E-state index in [2.05, 4.69) is 16.7 Å². The number of para-hydroxylation sites is 2. The number of hydrogen-bond acceptors (Lipinski definition) is 6. The molecule has 0 radical (unpaired) electrons. The fourth-order valence-corrected chi connectivity index (χ4v) is 5.04. The van der Waals surface area contributed by atoms with Gasteiger partial charge >= 0.3 is 0 Å². The predicted octanol–water partition coefficient (Wildman–Crippen LogP) is 5.68. The van der Waals surface area contributed by atoms with Gasteiger partial charge in [-0.05, 0) is 61.9 Å². The van der Waals surface area contributed by atoms with Crippen molar-refractivity contribution in [2.24, 2.45) is 5.92 Å². The largest absolute Gasteiger partial charge is 0.489 e. The predicted molar refractivity (Wildman–Crippen MR) is 153 cm³/mol. The number of anilines is 2. The van der Waals surface area contributed by atoms with Crippen LogP contribution in [0.1, 0.15) is 41.6 Å². The Bertz CT molecular complexity index is 1370. The van der Waals surface area contributed by atoms with Crippen LogP contribution in [0, 0.1) is 5.92 Å². The molecular formula is C31H35N5O2. The highest BCUT2D eigenvalue weighted by molar-refractivity contribution is 5.95. The molecule has 0 bridgehead atoms. The maximum Gasteiger partial charge on any atom is 0.251 e. The van der Waals surface area contributed by atoms with E-state index in [-0.39, 0.29) is 5.91 Å². The van der Waals surface area contributed by atoms with E-state index in [1.165, 1.54) is 0 Å². The minimum atomic E-state index is -0.0433. The summed E-state index contributed by atoms with van der Waals surface area (Å²) < 4.78 is 5.88. The molecule has 1 saturated carbocycles. The molecule has 0 aliphatic heterocycles. The van der Waals surface area contributed by atoms with Gasteiger partial charge in [0.15, 0.2) is 0 Å². The Kier molecular flexibility index (Phi) is 8.02. The summed E-state index contributed by atoms with van der Waals surface area (Å²) in [7, 11) is 4.01. The molecule has 1 aliphatic carbocycles. The second-order valence-electron chi connectivity index (χ2n) is 10.1. The van der Waals surface area contributed by atoms with Crippen molar-refractivity contribution in [2.45, 2.75) is 38.3 Å². The fourth-order valence-electron chi connectivity index (χ4n) is 5.04. The first kappa shape index (κ1) is 25.5. The fraction of sp³-hybridized carbons (Fsp3) is 0.323. The maximum atomic E-state index is 13.0. The topological polar surface area (TPSA) is 79.4 Å². The first-order chi connectivity index (χ1) is 18.6. The van der Waals surface area contributed by atoms with Crippen LogP contribution in [0.2, 0.25) is 0 Å². The monoisotopic (exact) mass is 509 g/mol. The van der Waals surface area contributed by atoms with Gasteiger partial charge in [0.25, 0.3) is 5.91 Å². The van der Waals surface area contributed by atoms with Crippen LogP contribution < -0.4 is 20.3 Å². The van der Waals surface area contributed by atoms with Gasteiger partial charge in [0.1, 0.15) is 18.2 Å². The van der Waals surface area contributed by atoms with Crippen LogP contribution in [0.25, 0.3) is 10.9 Å². The molecule has 0 spiro atoms. The van der Waals surface area contributed by atoms with Gasteiger partial charge < -0.3 is 20.3 Å². The minimum absolute atomic E-state index is 0.0433. The van der Waals surface area contributed by atoms with E-state index in [9.17, 15) is 4.79 Å². The zero-order valence-corrected chi connectivity index (χ0v) is 22.1. The Labute approximate surface area is 224 Å². The molecule has 4 aromatic rings. The van der Waals surface area contributed by atoms with Gasteiger partial charge in [0.05, 0.1) is 5.52 Å². The van der Waals surface area contributed by atoms with Gasteiger partial charge in [-0.25, -0.2) is 4.98 Å². The smallest absolute Gasteiger partial charge is 0.251 e. The van der Waals surface area contributed by atoms with Gasteiger partial charge in [-0.3, -0.25) is 4.79 Å². The van der Waals surface area contributed by atoms with Crippen molar-refractivity contribution in [3.05, 3.63) is 90.0 Å². The lowest BCUT2D eigenvalue weighted by Gasteiger charge is -2.29. The molecule has 1 aliphatic rings. The number of rotatable bonds is 9. The van der Waals surface area contributed by atoms with Crippen molar-refractivity contribution >= 4 is 28.6 Å². The van der Waals surface area contributed by atoms with Crippen molar-refractivity contribution < 1.29 is 9.53 Å². The first-order valence-electron chi connectivity index (χ1n) is 13.3. The highest BCUT2D eigenvalue weighted by atomic mass is 16.5. The van der Waals surface area contributed by atoms with Crippen molar-refractivity contribution in [2.75, 3.05) is 30.9 Å². The Hall–Kier alpha value is -4.13. The van der Waals surface area contributed by atoms with Crippen LogP contribution in [0.3, 0.4) is 0 Å². The number of fused-ring (bicyclic) bond motifs is 1. The number of nitrogens with zero attached hydrogens (tertiary/aromatic N) is 3. The molecule has 1 heterocycles. The molecule has 0 atom stereocenters. The first-order valence-corrected chi connectivity index (χ1v) is 13.3. The molecule has 38 heavy (non-hydrogen) atoms. The maximum absolute atomic E-state index is 13.0. The normalized spacial score (nSPS) is 17.1. The summed E-state index contributed by atoms with van der Waals surface area (Å²) in [5.74, 6) is 2.81. The SMILES string of the molecule is CN(C)c1nc(NC2CCC(CNC(=O)c3ccccc3COc3ccccc3)CC2)nc2ccccc12. The summed E-state index contributed by atoms with van der Waals surface area (Å²) in [6.07, 6.45) is 4.14. The summed E-state index contributed by atoms with van der Waals surface area (Å²) in [4.78, 5) is 24.6. The number of benzene rings is 3. The van der Waals surface area contributed by atoms with Gasteiger partial charge in [0.2, 0.25) is 5.95 Å². The zero-order valence-electron chi connectivity index (χ0n) is 22.1. The summed E-state index contributed by atoms with van der Waals surface area (Å²) in [6, 6.07) is 25.8. The van der Waals surface area contributed by atoms with E-state index in [0.29, 0.717) is 36.6 Å². The quantitative estimate of drug-likeness (QED) is 0.302. The average molecular weight is 510 g/mol. The summed E-state index contributed by atoms with van der Waals surface area (Å²) >= 11 is 0. The third kappa shape index (κ3) is 6.22. The minimum Gasteiger partial charge on any atom is -0.489 e. The van der Waals surface area contributed by atoms with E-state index in [0.717, 1.165) is 53.7 Å². The molecule has 3 aromatic carbocycles. The van der Waals surface area contributed by atoms with Gasteiger partial charge in [0, 0.05) is 43.2 Å². The van der Waals surface area contributed by atoms with Crippen molar-refractivity contribution in [3.8, 4) is 5.75 Å². The highest BCUT2D eigenvalue weighted by Crippen LogP contribution is 2.28. The number of amides is 1. The molecule has 0 saturated heterocycles. The molecule has 196 valence electrons. The molecular weight excluding hydrogens is 474 g/mol. The van der Waals surface area contributed by atoms with E-state index < -0.39 is 0 Å². The third-order valence-corrected chi connectivity index (χ3v) is 7.14. The Morgan fingerprint density at radius 1 is 0.895 bits per heavy atom. The van der Waals surface area contributed by atoms with Crippen LogP contribution in [-0.4, -0.2) is 42.6 Å². The molecule has 0 unspecified atom stereocenters. The summed E-state index contributed by atoms with van der Waals surface area (Å²) in [5, 5.41) is 7.78. The third-order valence-electron chi connectivity index (χ3n) is 7.14. The van der Waals surface area contributed by atoms with Crippen molar-refractivity contribution in [3.63, 3.8) is 0 Å². The number of hydrogen-bond donors (Lipinski definition) is 2. The van der Waals surface area contributed by atoms with Crippen molar-refractivity contribution in [1.82, 2.24) is 15.3 Å². The number of carbonyl (C=O) groups is 1. The van der Waals surface area contributed by atoms with Gasteiger partial charge in [-0.2, -0.15) is 4.98 Å². The zero-order chi connectivity index (χ0) is 26.3. The van der Waals surface area contributed by atoms with Crippen LogP contribution in [0.4, 0.5) is 11.8 Å².